The summed E-state index contributed by atoms with van der Waals surface area (Å²) < 4.78 is 19.6. The number of alkyl carbamates (subject to hydrolysis) is 2. The maximum atomic E-state index is 13.3. The first-order valence-electron chi connectivity index (χ1n) is 14.5. The van der Waals surface area contributed by atoms with Crippen LogP contribution in [0.5, 0.6) is 5.75 Å². The molecule has 2 amide bonds. The van der Waals surface area contributed by atoms with Crippen molar-refractivity contribution < 1.29 is 33.5 Å². The van der Waals surface area contributed by atoms with E-state index in [1.54, 1.807) is 0 Å². The molecular weight excluding hydrogens is 889 g/mol. The number of amides is 2. The Bertz CT molecular complexity index is 1310. The minimum atomic E-state index is -0.609. The number of anilines is 1. The molecule has 1 saturated heterocycles. The summed E-state index contributed by atoms with van der Waals surface area (Å²) in [6.07, 6.45) is 2.20. The number of likely N-dealkylation sites (tertiary alicyclic amines) is 1. The molecule has 11 heteroatoms. The van der Waals surface area contributed by atoms with Crippen molar-refractivity contribution in [1.29, 1.82) is 0 Å². The largest absolute Gasteiger partial charge is 0.514 e. The summed E-state index contributed by atoms with van der Waals surface area (Å²) in [7, 11) is 0. The number of halogens is 3. The molecule has 0 radical (unpaired) electrons. The van der Waals surface area contributed by atoms with Crippen LogP contribution in [-0.2, 0) is 20.7 Å². The van der Waals surface area contributed by atoms with Gasteiger partial charge in [0.15, 0.2) is 0 Å². The molecule has 3 rings (SSSR count). The lowest BCUT2D eigenvalue weighted by Crippen LogP contribution is -3.15. The zero-order valence-corrected chi connectivity index (χ0v) is 32.3. The minimum absolute atomic E-state index is 0.177. The Morgan fingerprint density at radius 1 is 0.930 bits per heavy atom. The molecule has 1 aliphatic rings. The Balaban J connectivity index is 1.63. The maximum Gasteiger partial charge on any atom is 0.514 e. The first-order chi connectivity index (χ1) is 20.0. The highest BCUT2D eigenvalue weighted by Crippen LogP contribution is 2.34. The van der Waals surface area contributed by atoms with Gasteiger partial charge in [0.1, 0.15) is 17.0 Å². The van der Waals surface area contributed by atoms with Crippen molar-refractivity contribution >= 4 is 91.6 Å². The van der Waals surface area contributed by atoms with Crippen LogP contribution in [0.2, 0.25) is 0 Å². The summed E-state index contributed by atoms with van der Waals surface area (Å²) in [6.45, 7) is 14.6. The SMILES string of the molecule is CCC(Cc1c(I)cc(I)c(NC(=O)OC(C)(C)C)c1I)C(=O)Oc1ccc(C2CC[NH+](C(=O)OC(C)(C)C)CC2)cc1. The molecule has 0 saturated carbocycles. The number of hydrogen-bond acceptors (Lipinski definition) is 6. The molecule has 1 aliphatic heterocycles. The molecule has 2 aromatic carbocycles. The van der Waals surface area contributed by atoms with E-state index < -0.39 is 17.3 Å². The van der Waals surface area contributed by atoms with Gasteiger partial charge in [0.2, 0.25) is 0 Å². The fraction of sp³-hybridized carbons (Fsp3) is 0.531. The second-order valence-corrected chi connectivity index (χ2v) is 16.2. The smallest absolute Gasteiger partial charge is 0.444 e. The zero-order valence-electron chi connectivity index (χ0n) is 25.9. The molecule has 0 spiro atoms. The number of benzene rings is 2. The van der Waals surface area contributed by atoms with Crippen molar-refractivity contribution in [2.75, 3.05) is 18.4 Å². The van der Waals surface area contributed by atoms with E-state index in [0.717, 1.165) is 47.1 Å². The minimum Gasteiger partial charge on any atom is -0.444 e. The van der Waals surface area contributed by atoms with Crippen molar-refractivity contribution in [3.05, 3.63) is 52.2 Å². The van der Waals surface area contributed by atoms with E-state index in [9.17, 15) is 14.4 Å². The molecule has 1 atom stereocenters. The third-order valence-corrected chi connectivity index (χ3v) is 10.0. The van der Waals surface area contributed by atoms with Crippen LogP contribution in [0.15, 0.2) is 30.3 Å². The molecule has 1 unspecified atom stereocenters. The first-order valence-corrected chi connectivity index (χ1v) is 17.8. The first kappa shape index (κ1) is 36.3. The molecule has 0 bridgehead atoms. The molecule has 8 nitrogen and oxygen atoms in total. The third kappa shape index (κ3) is 11.0. The van der Waals surface area contributed by atoms with E-state index in [1.165, 1.54) is 5.56 Å². The third-order valence-electron chi connectivity index (χ3n) is 7.01. The van der Waals surface area contributed by atoms with E-state index in [0.29, 0.717) is 30.2 Å². The van der Waals surface area contributed by atoms with Gasteiger partial charge in [-0.25, -0.2) is 9.69 Å². The van der Waals surface area contributed by atoms with Gasteiger partial charge in [0, 0.05) is 23.6 Å². The van der Waals surface area contributed by atoms with Crippen molar-refractivity contribution in [3.63, 3.8) is 0 Å². The summed E-state index contributed by atoms with van der Waals surface area (Å²) in [4.78, 5) is 39.1. The zero-order chi connectivity index (χ0) is 32.1. The molecule has 0 aromatic heterocycles. The number of piperidine rings is 1. The number of quaternary nitrogens is 1. The lowest BCUT2D eigenvalue weighted by atomic mass is 9.89. The maximum absolute atomic E-state index is 13.3. The highest BCUT2D eigenvalue weighted by molar-refractivity contribution is 14.1. The van der Waals surface area contributed by atoms with Crippen LogP contribution in [0.25, 0.3) is 0 Å². The molecule has 2 N–H and O–H groups in total. The number of carbonyl (C=O) groups excluding carboxylic acids is 3. The van der Waals surface area contributed by atoms with Crippen LogP contribution < -0.4 is 15.0 Å². The molecule has 0 aliphatic carbocycles. The second-order valence-electron chi connectivity index (χ2n) is 12.8. The monoisotopic (exact) mass is 931 g/mol. The summed E-state index contributed by atoms with van der Waals surface area (Å²) in [6, 6.07) is 9.75. The topological polar surface area (TPSA) is 95.4 Å². The van der Waals surface area contributed by atoms with Crippen LogP contribution in [0.4, 0.5) is 15.3 Å². The molecule has 236 valence electrons. The normalized spacial score (nSPS) is 18.0. The fourth-order valence-corrected chi connectivity index (χ4v) is 8.92. The van der Waals surface area contributed by atoms with E-state index in [1.807, 2.05) is 78.8 Å². The summed E-state index contributed by atoms with van der Waals surface area (Å²) in [5.74, 6) is 0.240. The van der Waals surface area contributed by atoms with Gasteiger partial charge in [-0.1, -0.05) is 19.1 Å². The molecule has 2 aromatic rings. The van der Waals surface area contributed by atoms with Crippen LogP contribution >= 0.6 is 67.8 Å². The predicted octanol–water partition coefficient (Wildman–Crippen LogP) is 7.72. The van der Waals surface area contributed by atoms with E-state index in [4.69, 9.17) is 14.2 Å². The highest BCUT2D eigenvalue weighted by Gasteiger charge is 2.32. The van der Waals surface area contributed by atoms with Crippen LogP contribution in [-0.4, -0.2) is 42.4 Å². The van der Waals surface area contributed by atoms with Crippen molar-refractivity contribution in [1.82, 2.24) is 0 Å². The lowest BCUT2D eigenvalue weighted by Gasteiger charge is -2.29. The molecule has 43 heavy (non-hydrogen) atoms. The fourth-order valence-electron chi connectivity index (χ4n) is 4.84. The van der Waals surface area contributed by atoms with Gasteiger partial charge in [-0.15, -0.1) is 0 Å². The Morgan fingerprint density at radius 2 is 1.51 bits per heavy atom. The average molecular weight is 931 g/mol. The number of carbonyl (C=O) groups is 3. The van der Waals surface area contributed by atoms with Crippen LogP contribution in [0, 0.1) is 16.6 Å². The standard InChI is InChI=1S/C32H41I3N2O6/c1-8-19(17-23-24(33)18-25(34)27(26(23)35)36-29(39)42-31(2,3)4)28(38)41-22-11-9-20(10-12-22)21-13-15-37(16-14-21)30(40)43-32(5,6)7/h9-12,18-19,21H,8,13-17H2,1-7H3,(H,36,39)/p+1. The van der Waals surface area contributed by atoms with Gasteiger partial charge in [-0.05, 0) is 157 Å². The molecule has 1 heterocycles. The Kier molecular flexibility index (Phi) is 13.0. The quantitative estimate of drug-likeness (QED) is 0.168. The Labute approximate surface area is 296 Å². The Hall–Kier alpha value is -1.20. The van der Waals surface area contributed by atoms with Crippen LogP contribution in [0.3, 0.4) is 0 Å². The van der Waals surface area contributed by atoms with Gasteiger partial charge < -0.3 is 14.2 Å². The summed E-state index contributed by atoms with van der Waals surface area (Å²) >= 11 is 6.72. The second kappa shape index (κ2) is 15.4. The van der Waals surface area contributed by atoms with Crippen molar-refractivity contribution in [2.45, 2.75) is 91.3 Å². The predicted molar refractivity (Wildman–Crippen MR) is 193 cm³/mol. The number of ether oxygens (including phenoxy) is 3. The number of hydrogen-bond donors (Lipinski definition) is 2. The van der Waals surface area contributed by atoms with E-state index in [-0.39, 0.29) is 18.0 Å². The Morgan fingerprint density at radius 3 is 2.05 bits per heavy atom. The van der Waals surface area contributed by atoms with Crippen molar-refractivity contribution in [3.8, 4) is 5.75 Å². The van der Waals surface area contributed by atoms with Gasteiger partial charge in [-0.2, -0.15) is 4.79 Å². The average Bonchev–Trinajstić information content (AvgIpc) is 2.89. The van der Waals surface area contributed by atoms with Gasteiger partial charge >= 0.3 is 18.2 Å². The summed E-state index contributed by atoms with van der Waals surface area (Å²) in [5, 5.41) is 2.89. The number of rotatable bonds is 7. The lowest BCUT2D eigenvalue weighted by molar-refractivity contribution is -0.831. The van der Waals surface area contributed by atoms with Crippen molar-refractivity contribution in [2.24, 2.45) is 5.92 Å². The van der Waals surface area contributed by atoms with Gasteiger partial charge in [-0.3, -0.25) is 10.1 Å². The number of nitrogens with one attached hydrogen (secondary N) is 2. The molecule has 1 fully saturated rings. The molecular formula is C32H42I3N2O6+. The summed E-state index contributed by atoms with van der Waals surface area (Å²) in [5.41, 5.74) is 1.77. The number of esters is 1. The van der Waals surface area contributed by atoms with Crippen LogP contribution in [0.1, 0.15) is 84.8 Å². The van der Waals surface area contributed by atoms with Gasteiger partial charge in [0.25, 0.3) is 0 Å². The highest BCUT2D eigenvalue weighted by atomic mass is 127. The van der Waals surface area contributed by atoms with E-state index >= 15 is 0 Å². The van der Waals surface area contributed by atoms with E-state index in [2.05, 4.69) is 73.1 Å². The van der Waals surface area contributed by atoms with Gasteiger partial charge in [0.05, 0.1) is 24.7 Å².